The van der Waals surface area contributed by atoms with Gasteiger partial charge in [-0.3, -0.25) is 9.13 Å². The summed E-state index contributed by atoms with van der Waals surface area (Å²) in [5.74, 6) is 0.148. The van der Waals surface area contributed by atoms with Gasteiger partial charge in [0.2, 0.25) is 16.0 Å². The number of sulfonamides is 1. The summed E-state index contributed by atoms with van der Waals surface area (Å²) in [5.41, 5.74) is 1.21. The molecule has 0 aromatic carbocycles. The molecule has 0 spiro atoms. The molecule has 2 aromatic heterocycles. The fourth-order valence-corrected chi connectivity index (χ4v) is 5.38. The van der Waals surface area contributed by atoms with E-state index in [4.69, 9.17) is 9.47 Å². The Hall–Kier alpha value is -2.02. The van der Waals surface area contributed by atoms with Crippen molar-refractivity contribution in [1.82, 2.24) is 23.4 Å². The van der Waals surface area contributed by atoms with E-state index in [2.05, 4.69) is 15.3 Å². The van der Waals surface area contributed by atoms with Crippen molar-refractivity contribution in [2.75, 3.05) is 44.7 Å². The zero-order chi connectivity index (χ0) is 21.3. The average Bonchev–Trinajstić information content (AvgIpc) is 2.99. The van der Waals surface area contributed by atoms with Crippen LogP contribution in [0.25, 0.3) is 11.2 Å². The fraction of sp³-hybridized carbons (Fsp3) is 0.722. The molecule has 4 rings (SSSR count). The zero-order valence-electron chi connectivity index (χ0n) is 17.3. The van der Waals surface area contributed by atoms with Gasteiger partial charge in [0.05, 0.1) is 6.20 Å². The molecule has 2 aromatic rings. The van der Waals surface area contributed by atoms with E-state index in [1.54, 1.807) is 22.4 Å². The van der Waals surface area contributed by atoms with E-state index in [9.17, 15) is 13.2 Å². The Bertz CT molecular complexity index is 1050. The maximum absolute atomic E-state index is 12.8. The summed E-state index contributed by atoms with van der Waals surface area (Å²) in [6, 6.07) is 0.121. The Morgan fingerprint density at radius 3 is 2.60 bits per heavy atom. The first kappa shape index (κ1) is 21.2. The molecular formula is C18H28N6O5S. The van der Waals surface area contributed by atoms with Crippen LogP contribution in [0.3, 0.4) is 0 Å². The number of anilines is 1. The Balaban J connectivity index is 1.51. The van der Waals surface area contributed by atoms with Gasteiger partial charge in [0.15, 0.2) is 11.6 Å². The van der Waals surface area contributed by atoms with Crippen LogP contribution in [0, 0.1) is 0 Å². The van der Waals surface area contributed by atoms with Crippen LogP contribution in [-0.4, -0.2) is 77.2 Å². The maximum atomic E-state index is 12.8. The second-order valence-corrected chi connectivity index (χ2v) is 9.71. The molecule has 12 heteroatoms. The molecule has 0 saturated carbocycles. The second kappa shape index (κ2) is 8.61. The highest BCUT2D eigenvalue weighted by Crippen LogP contribution is 2.24. The first-order valence-electron chi connectivity index (χ1n) is 10.2. The van der Waals surface area contributed by atoms with E-state index in [0.717, 1.165) is 12.8 Å². The molecule has 166 valence electrons. The lowest BCUT2D eigenvalue weighted by atomic mass is 10.1. The monoisotopic (exact) mass is 440 g/mol. The number of piperidine rings is 1. The molecule has 4 heterocycles. The number of hydrogen-bond acceptors (Lipinski definition) is 8. The number of methoxy groups -OCH3 is 1. The molecule has 2 aliphatic rings. The van der Waals surface area contributed by atoms with Gasteiger partial charge < -0.3 is 14.8 Å². The second-order valence-electron chi connectivity index (χ2n) is 7.79. The minimum Gasteiger partial charge on any atom is -0.381 e. The van der Waals surface area contributed by atoms with Crippen molar-refractivity contribution in [2.45, 2.75) is 37.8 Å². The van der Waals surface area contributed by atoms with E-state index >= 15 is 0 Å². The third-order valence-electron chi connectivity index (χ3n) is 5.84. The summed E-state index contributed by atoms with van der Waals surface area (Å²) in [7, 11) is -0.270. The Kier molecular flexibility index (Phi) is 6.09. The quantitative estimate of drug-likeness (QED) is 0.681. The molecular weight excluding hydrogens is 412 g/mol. The fourth-order valence-electron chi connectivity index (χ4n) is 4.16. The van der Waals surface area contributed by atoms with E-state index in [0.29, 0.717) is 56.3 Å². The molecule has 0 atom stereocenters. The number of fused-ring (bicyclic) bond motifs is 1. The number of hydrogen-bond donors (Lipinski definition) is 1. The molecule has 2 saturated heterocycles. The van der Waals surface area contributed by atoms with E-state index < -0.39 is 10.0 Å². The summed E-state index contributed by atoms with van der Waals surface area (Å²) in [5, 5.41) is 3.31. The summed E-state index contributed by atoms with van der Waals surface area (Å²) >= 11 is 0. The third-order valence-corrected chi connectivity index (χ3v) is 7.52. The summed E-state index contributed by atoms with van der Waals surface area (Å²) in [6.07, 6.45) is 4.51. The highest BCUT2D eigenvalue weighted by atomic mass is 32.2. The van der Waals surface area contributed by atoms with Crippen LogP contribution in [-0.2, 0) is 26.5 Å². The Morgan fingerprint density at radius 1 is 1.23 bits per heavy atom. The topological polar surface area (TPSA) is 121 Å². The smallest absolute Gasteiger partial charge is 0.330 e. The van der Waals surface area contributed by atoms with Gasteiger partial charge >= 0.3 is 5.69 Å². The molecule has 30 heavy (non-hydrogen) atoms. The molecule has 2 fully saturated rings. The summed E-state index contributed by atoms with van der Waals surface area (Å²) in [6.45, 7) is 2.11. The normalized spacial score (nSPS) is 20.1. The van der Waals surface area contributed by atoms with Crippen molar-refractivity contribution in [2.24, 2.45) is 7.05 Å². The first-order valence-corrected chi connectivity index (χ1v) is 11.8. The van der Waals surface area contributed by atoms with Crippen molar-refractivity contribution < 1.29 is 17.9 Å². The lowest BCUT2D eigenvalue weighted by Gasteiger charge is -2.31. The van der Waals surface area contributed by atoms with Crippen LogP contribution in [0.1, 0.15) is 31.7 Å². The lowest BCUT2D eigenvalue weighted by molar-refractivity contribution is 0.0695. The summed E-state index contributed by atoms with van der Waals surface area (Å²) < 4.78 is 39.3. The largest absolute Gasteiger partial charge is 0.381 e. The standard InChI is InChI=1S/C18H28N6O5S/c1-22-15-11-19-17(20-13-3-7-23(8-4-13)30(26,27)12-28-2)21-16(15)24(18(22)25)14-5-9-29-10-6-14/h11,13-14H,3-10,12H2,1-2H3,(H,19,20,21). The molecule has 2 aliphatic heterocycles. The van der Waals surface area contributed by atoms with Crippen LogP contribution < -0.4 is 11.0 Å². The number of aromatic nitrogens is 4. The van der Waals surface area contributed by atoms with Crippen LogP contribution in [0.2, 0.25) is 0 Å². The first-order chi connectivity index (χ1) is 14.4. The molecule has 0 radical (unpaired) electrons. The van der Waals surface area contributed by atoms with Crippen LogP contribution in [0.5, 0.6) is 0 Å². The van der Waals surface area contributed by atoms with E-state index in [1.807, 2.05) is 0 Å². The van der Waals surface area contributed by atoms with Gasteiger partial charge in [0.25, 0.3) is 0 Å². The summed E-state index contributed by atoms with van der Waals surface area (Å²) in [4.78, 5) is 21.8. The molecule has 0 amide bonds. The maximum Gasteiger partial charge on any atom is 0.330 e. The zero-order valence-corrected chi connectivity index (χ0v) is 18.1. The number of nitrogens with one attached hydrogen (secondary N) is 1. The van der Waals surface area contributed by atoms with Gasteiger partial charge in [-0.2, -0.15) is 9.29 Å². The van der Waals surface area contributed by atoms with Crippen LogP contribution in [0.4, 0.5) is 5.95 Å². The molecule has 0 unspecified atom stereocenters. The molecule has 0 bridgehead atoms. The molecule has 11 nitrogen and oxygen atoms in total. The third kappa shape index (κ3) is 4.09. The van der Waals surface area contributed by atoms with E-state index in [-0.39, 0.29) is 23.7 Å². The SMILES string of the molecule is COCS(=O)(=O)N1CCC(Nc2ncc3c(n2)n(C2CCOCC2)c(=O)n3C)CC1. The van der Waals surface area contributed by atoms with Gasteiger partial charge in [-0.25, -0.2) is 18.2 Å². The van der Waals surface area contributed by atoms with Gasteiger partial charge in [0, 0.05) is 52.5 Å². The van der Waals surface area contributed by atoms with Crippen molar-refractivity contribution in [3.63, 3.8) is 0 Å². The number of rotatable bonds is 6. The lowest BCUT2D eigenvalue weighted by Crippen LogP contribution is -2.43. The number of nitrogens with zero attached hydrogens (tertiary/aromatic N) is 5. The van der Waals surface area contributed by atoms with Gasteiger partial charge in [-0.1, -0.05) is 0 Å². The highest BCUT2D eigenvalue weighted by molar-refractivity contribution is 7.88. The van der Waals surface area contributed by atoms with Crippen LogP contribution >= 0.6 is 0 Å². The number of ether oxygens (including phenoxy) is 2. The van der Waals surface area contributed by atoms with Crippen LogP contribution in [0.15, 0.2) is 11.0 Å². The highest BCUT2D eigenvalue weighted by Gasteiger charge is 2.28. The van der Waals surface area contributed by atoms with Gasteiger partial charge in [0.1, 0.15) is 5.52 Å². The molecule has 0 aliphatic carbocycles. The average molecular weight is 441 g/mol. The van der Waals surface area contributed by atoms with Crippen molar-refractivity contribution >= 4 is 27.1 Å². The van der Waals surface area contributed by atoms with Crippen molar-refractivity contribution in [3.05, 3.63) is 16.7 Å². The van der Waals surface area contributed by atoms with Crippen molar-refractivity contribution in [3.8, 4) is 0 Å². The van der Waals surface area contributed by atoms with Gasteiger partial charge in [-0.05, 0) is 25.7 Å². The predicted octanol–water partition coefficient (Wildman–Crippen LogP) is 0.292. The van der Waals surface area contributed by atoms with Gasteiger partial charge in [-0.15, -0.1) is 0 Å². The number of imidazole rings is 1. The minimum absolute atomic E-state index is 0.0587. The number of aryl methyl sites for hydroxylation is 1. The Labute approximate surface area is 175 Å². The van der Waals surface area contributed by atoms with Crippen molar-refractivity contribution in [1.29, 1.82) is 0 Å². The van der Waals surface area contributed by atoms with E-state index in [1.165, 1.54) is 11.4 Å². The molecule has 1 N–H and O–H groups in total. The Morgan fingerprint density at radius 2 is 1.93 bits per heavy atom. The minimum atomic E-state index is -3.38. The predicted molar refractivity (Wildman–Crippen MR) is 111 cm³/mol.